The summed E-state index contributed by atoms with van der Waals surface area (Å²) in [5, 5.41) is 3.43. The molecular weight excluding hydrogens is 326 g/mol. The van der Waals surface area contributed by atoms with Gasteiger partial charge in [-0.15, -0.1) is 0 Å². The van der Waals surface area contributed by atoms with Gasteiger partial charge in [0.1, 0.15) is 5.82 Å². The zero-order valence-corrected chi connectivity index (χ0v) is 14.9. The fraction of sp³-hybridized carbons (Fsp3) is 0.211. The van der Waals surface area contributed by atoms with E-state index < -0.39 is 0 Å². The van der Waals surface area contributed by atoms with Crippen LogP contribution in [-0.4, -0.2) is 35.4 Å². The normalized spacial score (nSPS) is 11.2. The van der Waals surface area contributed by atoms with Crippen molar-refractivity contribution < 1.29 is 0 Å². The minimum absolute atomic E-state index is 0.749. The SMILES string of the molecule is C=C(C)c1cnc2c(NCCc3cc[nH]c3)nc(-n3ccnc3C)cn12. The van der Waals surface area contributed by atoms with Gasteiger partial charge in [0, 0.05) is 31.3 Å². The molecule has 0 radical (unpaired) electrons. The number of aromatic nitrogens is 6. The molecule has 4 rings (SSSR count). The standard InChI is InChI=1S/C19H21N7/c1-13(2)16-11-23-19-18(22-7-5-15-4-6-20-10-15)24-17(12-26(16)19)25-9-8-21-14(25)3/h4,6,8-12,20H,1,5,7H2,2-3H3,(H,22,24). The Morgan fingerprint density at radius 3 is 2.92 bits per heavy atom. The second-order valence-electron chi connectivity index (χ2n) is 6.31. The van der Waals surface area contributed by atoms with E-state index in [0.29, 0.717) is 0 Å². The van der Waals surface area contributed by atoms with Gasteiger partial charge in [-0.1, -0.05) is 6.58 Å². The molecule has 132 valence electrons. The van der Waals surface area contributed by atoms with E-state index in [0.717, 1.165) is 47.3 Å². The molecule has 4 aromatic rings. The number of H-pyrrole nitrogens is 1. The molecule has 4 heterocycles. The Kier molecular flexibility index (Phi) is 4.04. The highest BCUT2D eigenvalue weighted by Gasteiger charge is 2.13. The van der Waals surface area contributed by atoms with Crippen LogP contribution < -0.4 is 5.32 Å². The van der Waals surface area contributed by atoms with Gasteiger partial charge >= 0.3 is 0 Å². The van der Waals surface area contributed by atoms with Crippen LogP contribution in [0.2, 0.25) is 0 Å². The molecule has 0 saturated carbocycles. The first kappa shape index (κ1) is 16.1. The van der Waals surface area contributed by atoms with Crippen LogP contribution in [0.3, 0.4) is 0 Å². The summed E-state index contributed by atoms with van der Waals surface area (Å²) in [6, 6.07) is 2.07. The summed E-state index contributed by atoms with van der Waals surface area (Å²) in [7, 11) is 0. The van der Waals surface area contributed by atoms with Crippen molar-refractivity contribution in [1.82, 2.24) is 28.9 Å². The molecule has 0 fully saturated rings. The number of nitrogens with zero attached hydrogens (tertiary/aromatic N) is 5. The number of anilines is 1. The summed E-state index contributed by atoms with van der Waals surface area (Å²) in [4.78, 5) is 16.7. The van der Waals surface area contributed by atoms with Crippen molar-refractivity contribution in [2.24, 2.45) is 0 Å². The first-order valence-electron chi connectivity index (χ1n) is 8.53. The van der Waals surface area contributed by atoms with Crippen LogP contribution in [0.15, 0.2) is 49.8 Å². The number of hydrogen-bond acceptors (Lipinski definition) is 4. The van der Waals surface area contributed by atoms with Gasteiger partial charge in [0.05, 0.1) is 18.1 Å². The molecule has 0 aliphatic rings. The van der Waals surface area contributed by atoms with Crippen molar-refractivity contribution in [1.29, 1.82) is 0 Å². The van der Waals surface area contributed by atoms with Gasteiger partial charge < -0.3 is 10.3 Å². The van der Waals surface area contributed by atoms with E-state index in [1.807, 2.05) is 53.8 Å². The van der Waals surface area contributed by atoms with Gasteiger partial charge in [0.15, 0.2) is 17.3 Å². The Hall–Kier alpha value is -3.35. The summed E-state index contributed by atoms with van der Waals surface area (Å²) >= 11 is 0. The van der Waals surface area contributed by atoms with Crippen molar-refractivity contribution in [3.05, 3.63) is 66.9 Å². The maximum absolute atomic E-state index is 4.79. The average Bonchev–Trinajstić information content (AvgIpc) is 3.34. The fourth-order valence-corrected chi connectivity index (χ4v) is 2.99. The predicted octanol–water partition coefficient (Wildman–Crippen LogP) is 3.24. The van der Waals surface area contributed by atoms with Crippen molar-refractivity contribution in [3.63, 3.8) is 0 Å². The van der Waals surface area contributed by atoms with Crippen molar-refractivity contribution in [3.8, 4) is 5.82 Å². The molecule has 0 spiro atoms. The van der Waals surface area contributed by atoms with Crippen molar-refractivity contribution in [2.45, 2.75) is 20.3 Å². The van der Waals surface area contributed by atoms with E-state index in [1.165, 1.54) is 5.56 Å². The lowest BCUT2D eigenvalue weighted by molar-refractivity contribution is 0.904. The Bertz CT molecular complexity index is 1050. The number of rotatable bonds is 6. The van der Waals surface area contributed by atoms with Gasteiger partial charge in [-0.2, -0.15) is 0 Å². The minimum Gasteiger partial charge on any atom is -0.367 e. The van der Waals surface area contributed by atoms with Gasteiger partial charge in [-0.05, 0) is 37.5 Å². The maximum Gasteiger partial charge on any atom is 0.180 e. The maximum atomic E-state index is 4.79. The monoisotopic (exact) mass is 347 g/mol. The van der Waals surface area contributed by atoms with Crippen molar-refractivity contribution in [2.75, 3.05) is 11.9 Å². The average molecular weight is 347 g/mol. The highest BCUT2D eigenvalue weighted by atomic mass is 15.2. The minimum atomic E-state index is 0.749. The van der Waals surface area contributed by atoms with Crippen molar-refractivity contribution >= 4 is 17.0 Å². The molecule has 0 amide bonds. The molecule has 0 atom stereocenters. The van der Waals surface area contributed by atoms with E-state index >= 15 is 0 Å². The third kappa shape index (κ3) is 2.88. The van der Waals surface area contributed by atoms with E-state index in [4.69, 9.17) is 4.98 Å². The molecule has 2 N–H and O–H groups in total. The van der Waals surface area contributed by atoms with Crippen LogP contribution in [0.25, 0.3) is 17.0 Å². The highest BCUT2D eigenvalue weighted by molar-refractivity contribution is 5.70. The number of hydrogen-bond donors (Lipinski definition) is 2. The number of aromatic amines is 1. The van der Waals surface area contributed by atoms with Gasteiger partial charge in [-0.25, -0.2) is 15.0 Å². The van der Waals surface area contributed by atoms with E-state index in [-0.39, 0.29) is 0 Å². The number of fused-ring (bicyclic) bond motifs is 1. The van der Waals surface area contributed by atoms with E-state index in [2.05, 4.69) is 32.9 Å². The lowest BCUT2D eigenvalue weighted by Crippen LogP contribution is -2.11. The highest BCUT2D eigenvalue weighted by Crippen LogP contribution is 2.22. The number of allylic oxidation sites excluding steroid dienone is 1. The molecular formula is C19H21N7. The third-order valence-electron chi connectivity index (χ3n) is 4.36. The summed E-state index contributed by atoms with van der Waals surface area (Å²) in [6.07, 6.45) is 12.3. The molecule has 0 aromatic carbocycles. The van der Waals surface area contributed by atoms with Gasteiger partial charge in [-0.3, -0.25) is 8.97 Å². The lowest BCUT2D eigenvalue weighted by Gasteiger charge is -2.12. The fourth-order valence-electron chi connectivity index (χ4n) is 2.99. The molecule has 0 bridgehead atoms. The number of imidazole rings is 2. The van der Waals surface area contributed by atoms with Crippen LogP contribution in [-0.2, 0) is 6.42 Å². The summed E-state index contributed by atoms with van der Waals surface area (Å²) in [5.41, 5.74) is 3.96. The second kappa shape index (κ2) is 6.51. The van der Waals surface area contributed by atoms with Gasteiger partial charge in [0.2, 0.25) is 0 Å². The smallest absolute Gasteiger partial charge is 0.180 e. The Labute approximate surface area is 151 Å². The lowest BCUT2D eigenvalue weighted by atomic mass is 10.2. The zero-order valence-electron chi connectivity index (χ0n) is 14.9. The molecule has 0 saturated heterocycles. The quantitative estimate of drug-likeness (QED) is 0.561. The van der Waals surface area contributed by atoms with Gasteiger partial charge in [0.25, 0.3) is 0 Å². The molecule has 0 aliphatic heterocycles. The van der Waals surface area contributed by atoms with Crippen LogP contribution in [0.4, 0.5) is 5.82 Å². The first-order valence-corrected chi connectivity index (χ1v) is 8.53. The largest absolute Gasteiger partial charge is 0.367 e. The van der Waals surface area contributed by atoms with Crippen LogP contribution >= 0.6 is 0 Å². The zero-order chi connectivity index (χ0) is 18.1. The van der Waals surface area contributed by atoms with Crippen LogP contribution in [0.1, 0.15) is 24.0 Å². The molecule has 26 heavy (non-hydrogen) atoms. The van der Waals surface area contributed by atoms with E-state index in [9.17, 15) is 0 Å². The molecule has 7 heteroatoms. The Balaban J connectivity index is 1.74. The summed E-state index contributed by atoms with van der Waals surface area (Å²) in [5.74, 6) is 2.42. The van der Waals surface area contributed by atoms with E-state index in [1.54, 1.807) is 6.20 Å². The number of nitrogens with one attached hydrogen (secondary N) is 2. The first-order chi connectivity index (χ1) is 12.6. The van der Waals surface area contributed by atoms with Crippen LogP contribution in [0, 0.1) is 6.92 Å². The summed E-state index contributed by atoms with van der Waals surface area (Å²) in [6.45, 7) is 8.76. The molecule has 0 unspecified atom stereocenters. The molecule has 4 aromatic heterocycles. The topological polar surface area (TPSA) is 75.8 Å². The van der Waals surface area contributed by atoms with Crippen LogP contribution in [0.5, 0.6) is 0 Å². The third-order valence-corrected chi connectivity index (χ3v) is 4.36. The number of aryl methyl sites for hydroxylation is 1. The Morgan fingerprint density at radius 2 is 2.23 bits per heavy atom. The molecule has 7 nitrogen and oxygen atoms in total. The predicted molar refractivity (Wildman–Crippen MR) is 103 cm³/mol. The Morgan fingerprint density at radius 1 is 1.35 bits per heavy atom. The second-order valence-corrected chi connectivity index (χ2v) is 6.31. The molecule has 0 aliphatic carbocycles. The summed E-state index contributed by atoms with van der Waals surface area (Å²) < 4.78 is 3.99.